The maximum atomic E-state index is 12.5. The van der Waals surface area contributed by atoms with Crippen LogP contribution in [0.4, 0.5) is 13.2 Å². The van der Waals surface area contributed by atoms with Crippen molar-refractivity contribution in [1.29, 1.82) is 0 Å². The average molecular weight is 448 g/mol. The fourth-order valence-corrected chi connectivity index (χ4v) is 4.91. The van der Waals surface area contributed by atoms with E-state index in [0.29, 0.717) is 38.1 Å². The molecule has 1 unspecified atom stereocenters. The number of guanidine groups is 1. The molecule has 0 amide bonds. The standard InChI is InChI=1S/C19H32F3N7S/c1-23-17(25-14-9-11-28(12-14)13-19(20,21)22)24-10-5-8-16-26-27-18(30-2)29(16)15-6-3-4-7-15/h14-15H,3-13H2,1-2H3,(H2,23,24,25). The van der Waals surface area contributed by atoms with Crippen molar-refractivity contribution in [2.45, 2.75) is 68.4 Å². The molecule has 2 heterocycles. The Morgan fingerprint density at radius 3 is 2.67 bits per heavy atom. The Morgan fingerprint density at radius 2 is 2.00 bits per heavy atom. The lowest BCUT2D eigenvalue weighted by Crippen LogP contribution is -2.45. The number of aromatic nitrogens is 3. The van der Waals surface area contributed by atoms with Crippen molar-refractivity contribution in [2.75, 3.05) is 39.5 Å². The number of hydrogen-bond acceptors (Lipinski definition) is 5. The van der Waals surface area contributed by atoms with Crippen LogP contribution in [0.15, 0.2) is 10.1 Å². The monoisotopic (exact) mass is 447 g/mol. The van der Waals surface area contributed by atoms with Gasteiger partial charge in [0.05, 0.1) is 6.54 Å². The summed E-state index contributed by atoms with van der Waals surface area (Å²) in [5.41, 5.74) is 0. The van der Waals surface area contributed by atoms with E-state index >= 15 is 0 Å². The van der Waals surface area contributed by atoms with Gasteiger partial charge in [0.1, 0.15) is 5.82 Å². The third kappa shape index (κ3) is 6.50. The minimum absolute atomic E-state index is 0.0202. The Morgan fingerprint density at radius 1 is 1.23 bits per heavy atom. The molecule has 2 N–H and O–H groups in total. The zero-order chi connectivity index (χ0) is 21.6. The van der Waals surface area contributed by atoms with Crippen LogP contribution in [-0.4, -0.2) is 77.3 Å². The molecule has 0 bridgehead atoms. The van der Waals surface area contributed by atoms with Gasteiger partial charge in [-0.15, -0.1) is 10.2 Å². The molecule has 1 saturated carbocycles. The molecular formula is C19H32F3N7S. The molecule has 11 heteroatoms. The lowest BCUT2D eigenvalue weighted by atomic mass is 10.2. The van der Waals surface area contributed by atoms with Crippen LogP contribution in [0.5, 0.6) is 0 Å². The summed E-state index contributed by atoms with van der Waals surface area (Å²) in [6, 6.07) is 0.495. The van der Waals surface area contributed by atoms with E-state index in [-0.39, 0.29) is 6.04 Å². The first-order valence-corrected chi connectivity index (χ1v) is 11.9. The van der Waals surface area contributed by atoms with E-state index in [1.54, 1.807) is 18.8 Å². The lowest BCUT2D eigenvalue weighted by Gasteiger charge is -2.20. The van der Waals surface area contributed by atoms with Crippen LogP contribution < -0.4 is 10.6 Å². The predicted molar refractivity (Wildman–Crippen MR) is 113 cm³/mol. The number of nitrogens with zero attached hydrogens (tertiary/aromatic N) is 5. The molecule has 3 rings (SSSR count). The molecule has 0 radical (unpaired) electrons. The van der Waals surface area contributed by atoms with Gasteiger partial charge in [-0.2, -0.15) is 13.2 Å². The SMILES string of the molecule is CN=C(NCCCc1nnc(SC)n1C1CCCC1)NC1CCN(CC(F)(F)F)C1. The highest BCUT2D eigenvalue weighted by atomic mass is 32.2. The lowest BCUT2D eigenvalue weighted by molar-refractivity contribution is -0.143. The number of halogens is 3. The van der Waals surface area contributed by atoms with E-state index in [2.05, 4.69) is 30.4 Å². The van der Waals surface area contributed by atoms with E-state index in [0.717, 1.165) is 23.8 Å². The fraction of sp³-hybridized carbons (Fsp3) is 0.842. The molecule has 30 heavy (non-hydrogen) atoms. The summed E-state index contributed by atoms with van der Waals surface area (Å²) < 4.78 is 40.0. The first-order valence-electron chi connectivity index (χ1n) is 10.6. The third-order valence-corrected chi connectivity index (χ3v) is 6.36. The van der Waals surface area contributed by atoms with E-state index in [1.807, 2.05) is 6.26 Å². The van der Waals surface area contributed by atoms with Gasteiger partial charge in [-0.3, -0.25) is 9.89 Å². The maximum absolute atomic E-state index is 12.5. The smallest absolute Gasteiger partial charge is 0.356 e. The van der Waals surface area contributed by atoms with Crippen molar-refractivity contribution < 1.29 is 13.2 Å². The molecule has 7 nitrogen and oxygen atoms in total. The van der Waals surface area contributed by atoms with E-state index < -0.39 is 12.7 Å². The Bertz CT molecular complexity index is 701. The number of thioether (sulfide) groups is 1. The van der Waals surface area contributed by atoms with Gasteiger partial charge in [-0.1, -0.05) is 24.6 Å². The molecule has 2 fully saturated rings. The van der Waals surface area contributed by atoms with Crippen molar-refractivity contribution in [3.8, 4) is 0 Å². The van der Waals surface area contributed by atoms with Gasteiger partial charge in [0.15, 0.2) is 11.1 Å². The summed E-state index contributed by atoms with van der Waals surface area (Å²) in [4.78, 5) is 5.65. The molecule has 1 aliphatic carbocycles. The second-order valence-electron chi connectivity index (χ2n) is 7.99. The van der Waals surface area contributed by atoms with Gasteiger partial charge >= 0.3 is 6.18 Å². The Balaban J connectivity index is 1.42. The van der Waals surface area contributed by atoms with Crippen LogP contribution in [0, 0.1) is 0 Å². The van der Waals surface area contributed by atoms with E-state index in [1.165, 1.54) is 30.6 Å². The van der Waals surface area contributed by atoms with Crippen molar-refractivity contribution in [3.63, 3.8) is 0 Å². The number of rotatable bonds is 8. The number of hydrogen-bond donors (Lipinski definition) is 2. The molecule has 0 aromatic carbocycles. The van der Waals surface area contributed by atoms with Crippen molar-refractivity contribution in [1.82, 2.24) is 30.3 Å². The molecule has 1 aromatic rings. The molecular weight excluding hydrogens is 415 g/mol. The minimum Gasteiger partial charge on any atom is -0.356 e. The highest BCUT2D eigenvalue weighted by Gasteiger charge is 2.34. The van der Waals surface area contributed by atoms with Crippen LogP contribution in [0.1, 0.15) is 50.4 Å². The van der Waals surface area contributed by atoms with E-state index in [4.69, 9.17) is 0 Å². The van der Waals surface area contributed by atoms with Crippen LogP contribution in [-0.2, 0) is 6.42 Å². The van der Waals surface area contributed by atoms with Crippen molar-refractivity contribution in [3.05, 3.63) is 5.82 Å². The van der Waals surface area contributed by atoms with Crippen LogP contribution in [0.2, 0.25) is 0 Å². The largest absolute Gasteiger partial charge is 0.401 e. The van der Waals surface area contributed by atoms with Crippen LogP contribution >= 0.6 is 11.8 Å². The average Bonchev–Trinajstić information content (AvgIpc) is 3.43. The van der Waals surface area contributed by atoms with Gasteiger partial charge in [0.25, 0.3) is 0 Å². The first-order chi connectivity index (χ1) is 14.4. The van der Waals surface area contributed by atoms with Gasteiger partial charge in [0.2, 0.25) is 0 Å². The topological polar surface area (TPSA) is 70.4 Å². The quantitative estimate of drug-likeness (QED) is 0.276. The minimum atomic E-state index is -4.15. The predicted octanol–water partition coefficient (Wildman–Crippen LogP) is 2.85. The van der Waals surface area contributed by atoms with Gasteiger partial charge in [0, 0.05) is 45.2 Å². The molecule has 1 aliphatic heterocycles. The molecule has 1 saturated heterocycles. The molecule has 1 aromatic heterocycles. The number of likely N-dealkylation sites (tertiary alicyclic amines) is 1. The summed E-state index contributed by atoms with van der Waals surface area (Å²) >= 11 is 1.64. The van der Waals surface area contributed by atoms with Gasteiger partial charge < -0.3 is 15.2 Å². The van der Waals surface area contributed by atoms with Crippen LogP contribution in [0.3, 0.4) is 0 Å². The van der Waals surface area contributed by atoms with Gasteiger partial charge in [-0.05, 0) is 31.9 Å². The summed E-state index contributed by atoms with van der Waals surface area (Å²) in [7, 11) is 1.68. The van der Waals surface area contributed by atoms with Crippen molar-refractivity contribution >= 4 is 17.7 Å². The first kappa shape index (κ1) is 23.2. The zero-order valence-electron chi connectivity index (χ0n) is 17.7. The number of aryl methyl sites for hydroxylation is 1. The highest BCUT2D eigenvalue weighted by molar-refractivity contribution is 7.98. The Labute approximate surface area is 180 Å². The summed E-state index contributed by atoms with van der Waals surface area (Å²) in [6.07, 6.45) is 5.20. The van der Waals surface area contributed by atoms with Gasteiger partial charge in [-0.25, -0.2) is 0 Å². The summed E-state index contributed by atoms with van der Waals surface area (Å²) in [5, 5.41) is 16.3. The molecule has 2 aliphatic rings. The van der Waals surface area contributed by atoms with E-state index in [9.17, 15) is 13.2 Å². The highest BCUT2D eigenvalue weighted by Crippen LogP contribution is 2.33. The number of alkyl halides is 3. The second-order valence-corrected chi connectivity index (χ2v) is 8.77. The van der Waals surface area contributed by atoms with Crippen LogP contribution in [0.25, 0.3) is 0 Å². The zero-order valence-corrected chi connectivity index (χ0v) is 18.5. The Hall–Kier alpha value is -1.49. The number of aliphatic imine (C=N–C) groups is 1. The fourth-order valence-electron chi connectivity index (χ4n) is 4.34. The summed E-state index contributed by atoms with van der Waals surface area (Å²) in [6.45, 7) is 0.687. The number of nitrogens with one attached hydrogen (secondary N) is 2. The summed E-state index contributed by atoms with van der Waals surface area (Å²) in [5.74, 6) is 1.67. The maximum Gasteiger partial charge on any atom is 0.401 e. The normalized spacial score (nSPS) is 21.5. The Kier molecular flexibility index (Phi) is 8.27. The third-order valence-electron chi connectivity index (χ3n) is 5.72. The second kappa shape index (κ2) is 10.7. The molecule has 170 valence electrons. The molecule has 1 atom stereocenters. The van der Waals surface area contributed by atoms with Crippen molar-refractivity contribution in [2.24, 2.45) is 4.99 Å². The molecule has 0 spiro atoms.